The van der Waals surface area contributed by atoms with Gasteiger partial charge in [0.25, 0.3) is 0 Å². The normalized spacial score (nSPS) is 30.3. The van der Waals surface area contributed by atoms with Gasteiger partial charge in [-0.05, 0) is 24.1 Å². The molecule has 1 N–H and O–H groups in total. The van der Waals surface area contributed by atoms with E-state index in [9.17, 15) is 0 Å². The summed E-state index contributed by atoms with van der Waals surface area (Å²) in [6.45, 7) is 4.57. The van der Waals surface area contributed by atoms with Crippen LogP contribution >= 0.6 is 27.7 Å². The van der Waals surface area contributed by atoms with Gasteiger partial charge in [-0.2, -0.15) is 11.8 Å². The van der Waals surface area contributed by atoms with Gasteiger partial charge >= 0.3 is 0 Å². The monoisotopic (exact) mass is 299 g/mol. The summed E-state index contributed by atoms with van der Waals surface area (Å²) in [5.41, 5.74) is 1.40. The van der Waals surface area contributed by atoms with Gasteiger partial charge in [-0.15, -0.1) is 0 Å². The van der Waals surface area contributed by atoms with E-state index in [0.29, 0.717) is 17.3 Å². The van der Waals surface area contributed by atoms with E-state index in [0.717, 1.165) is 0 Å². The number of nitrogens with one attached hydrogen (secondary N) is 1. The van der Waals surface area contributed by atoms with Crippen LogP contribution in [0.25, 0.3) is 0 Å². The van der Waals surface area contributed by atoms with Crippen molar-refractivity contribution in [3.8, 4) is 0 Å². The summed E-state index contributed by atoms with van der Waals surface area (Å²) in [6.07, 6.45) is 1.21. The summed E-state index contributed by atoms with van der Waals surface area (Å²) in [6, 6.07) is 9.80. The molecule has 0 aliphatic carbocycles. The van der Waals surface area contributed by atoms with Crippen molar-refractivity contribution in [2.24, 2.45) is 0 Å². The molecule has 1 aliphatic rings. The molecule has 0 saturated carbocycles. The lowest BCUT2D eigenvalue weighted by molar-refractivity contribution is 0.432. The Kier molecular flexibility index (Phi) is 4.34. The predicted octanol–water partition coefficient (Wildman–Crippen LogP) is 3.99. The Balaban J connectivity index is 2.17. The third-order valence-electron chi connectivity index (χ3n) is 3.15. The second-order valence-corrected chi connectivity index (χ2v) is 6.67. The smallest absolute Gasteiger partial charge is 0.0440 e. The zero-order chi connectivity index (χ0) is 11.5. The maximum Gasteiger partial charge on any atom is 0.0440 e. The van der Waals surface area contributed by atoms with Crippen molar-refractivity contribution < 1.29 is 0 Å². The van der Waals surface area contributed by atoms with Crippen LogP contribution in [-0.2, 0) is 0 Å². The highest BCUT2D eigenvalue weighted by Crippen LogP contribution is 2.33. The van der Waals surface area contributed by atoms with Crippen LogP contribution in [0.4, 0.5) is 0 Å². The standard InChI is InChI=1S/C13H18BrNS/c1-3-12-8-16-9(2)13(15-12)10-5-4-6-11(14)7-10/h4-7,9,12-13,15H,3,8H2,1-2H3. The van der Waals surface area contributed by atoms with E-state index in [-0.39, 0.29) is 0 Å². The van der Waals surface area contributed by atoms with E-state index in [1.165, 1.54) is 22.2 Å². The first-order chi connectivity index (χ1) is 7.70. The highest BCUT2D eigenvalue weighted by Gasteiger charge is 2.27. The lowest BCUT2D eigenvalue weighted by atomic mass is 10.0. The lowest BCUT2D eigenvalue weighted by Gasteiger charge is -2.35. The van der Waals surface area contributed by atoms with Crippen molar-refractivity contribution in [2.45, 2.75) is 37.6 Å². The second kappa shape index (κ2) is 5.56. The topological polar surface area (TPSA) is 12.0 Å². The first-order valence-corrected chi connectivity index (χ1v) is 7.68. The van der Waals surface area contributed by atoms with Crippen LogP contribution < -0.4 is 5.32 Å². The molecular weight excluding hydrogens is 282 g/mol. The van der Waals surface area contributed by atoms with Gasteiger partial charge in [0.15, 0.2) is 0 Å². The highest BCUT2D eigenvalue weighted by atomic mass is 79.9. The molecule has 0 spiro atoms. The molecule has 1 aliphatic heterocycles. The Bertz CT molecular complexity index is 356. The fourth-order valence-corrected chi connectivity index (χ4v) is 3.82. The zero-order valence-corrected chi connectivity index (χ0v) is 12.1. The largest absolute Gasteiger partial charge is 0.305 e. The van der Waals surface area contributed by atoms with Gasteiger partial charge in [0.1, 0.15) is 0 Å². The van der Waals surface area contributed by atoms with E-state index >= 15 is 0 Å². The van der Waals surface area contributed by atoms with Gasteiger partial charge in [-0.3, -0.25) is 0 Å². The van der Waals surface area contributed by atoms with Crippen molar-refractivity contribution in [3.63, 3.8) is 0 Å². The minimum absolute atomic E-state index is 0.487. The molecule has 16 heavy (non-hydrogen) atoms. The van der Waals surface area contributed by atoms with E-state index < -0.39 is 0 Å². The maximum absolute atomic E-state index is 3.75. The summed E-state index contributed by atoms with van der Waals surface area (Å²) in [4.78, 5) is 0. The molecule has 1 nitrogen and oxygen atoms in total. The van der Waals surface area contributed by atoms with E-state index in [1.807, 2.05) is 0 Å². The van der Waals surface area contributed by atoms with Crippen LogP contribution in [0.5, 0.6) is 0 Å². The number of hydrogen-bond donors (Lipinski definition) is 1. The fourth-order valence-electron chi connectivity index (χ4n) is 2.10. The minimum Gasteiger partial charge on any atom is -0.305 e. The average molecular weight is 300 g/mol. The fraction of sp³-hybridized carbons (Fsp3) is 0.538. The van der Waals surface area contributed by atoms with E-state index in [2.05, 4.69) is 71.1 Å². The molecule has 0 aromatic heterocycles. The summed E-state index contributed by atoms with van der Waals surface area (Å²) < 4.78 is 1.17. The van der Waals surface area contributed by atoms with E-state index in [1.54, 1.807) is 0 Å². The number of benzene rings is 1. The summed E-state index contributed by atoms with van der Waals surface area (Å²) in [5, 5.41) is 4.40. The summed E-state index contributed by atoms with van der Waals surface area (Å²) in [7, 11) is 0. The Labute approximate surface area is 111 Å². The van der Waals surface area contributed by atoms with Crippen LogP contribution in [-0.4, -0.2) is 17.0 Å². The molecule has 3 heteroatoms. The third kappa shape index (κ3) is 2.82. The molecule has 0 amide bonds. The Morgan fingerprint density at radius 2 is 2.31 bits per heavy atom. The van der Waals surface area contributed by atoms with E-state index in [4.69, 9.17) is 0 Å². The van der Waals surface area contributed by atoms with Crippen molar-refractivity contribution in [1.29, 1.82) is 0 Å². The highest BCUT2D eigenvalue weighted by molar-refractivity contribution is 9.10. The molecule has 0 radical (unpaired) electrons. The van der Waals surface area contributed by atoms with Gasteiger partial charge in [-0.25, -0.2) is 0 Å². The number of rotatable bonds is 2. The lowest BCUT2D eigenvalue weighted by Crippen LogP contribution is -2.43. The second-order valence-electron chi connectivity index (χ2n) is 4.34. The molecule has 1 aromatic carbocycles. The molecule has 1 heterocycles. The van der Waals surface area contributed by atoms with Gasteiger partial charge < -0.3 is 5.32 Å². The molecular formula is C13H18BrNS. The van der Waals surface area contributed by atoms with Gasteiger partial charge in [-0.1, -0.05) is 41.9 Å². The zero-order valence-electron chi connectivity index (χ0n) is 9.74. The van der Waals surface area contributed by atoms with Crippen LogP contribution in [0, 0.1) is 0 Å². The molecule has 1 fully saturated rings. The van der Waals surface area contributed by atoms with Crippen molar-refractivity contribution in [3.05, 3.63) is 34.3 Å². The molecule has 3 unspecified atom stereocenters. The maximum atomic E-state index is 3.75. The first kappa shape index (κ1) is 12.5. The van der Waals surface area contributed by atoms with Crippen LogP contribution in [0.3, 0.4) is 0 Å². The van der Waals surface area contributed by atoms with Gasteiger partial charge in [0.05, 0.1) is 0 Å². The van der Waals surface area contributed by atoms with Crippen LogP contribution in [0.15, 0.2) is 28.7 Å². The average Bonchev–Trinajstić information content (AvgIpc) is 2.30. The minimum atomic E-state index is 0.487. The molecule has 1 saturated heterocycles. The Morgan fingerprint density at radius 3 is 3.00 bits per heavy atom. The Morgan fingerprint density at radius 1 is 1.50 bits per heavy atom. The van der Waals surface area contributed by atoms with Gasteiger partial charge in [0, 0.05) is 27.6 Å². The van der Waals surface area contributed by atoms with Crippen LogP contribution in [0.2, 0.25) is 0 Å². The summed E-state index contributed by atoms with van der Waals surface area (Å²) in [5.74, 6) is 1.24. The van der Waals surface area contributed by atoms with Gasteiger partial charge in [0.2, 0.25) is 0 Å². The number of thioether (sulfide) groups is 1. The predicted molar refractivity (Wildman–Crippen MR) is 76.0 cm³/mol. The SMILES string of the molecule is CCC1CSC(C)C(c2cccc(Br)c2)N1. The molecule has 3 atom stereocenters. The van der Waals surface area contributed by atoms with Crippen molar-refractivity contribution in [2.75, 3.05) is 5.75 Å². The molecule has 0 bridgehead atoms. The number of hydrogen-bond acceptors (Lipinski definition) is 2. The molecule has 1 aromatic rings. The first-order valence-electron chi connectivity index (χ1n) is 5.84. The van der Waals surface area contributed by atoms with Crippen molar-refractivity contribution in [1.82, 2.24) is 5.32 Å². The Hall–Kier alpha value is 0.01000. The summed E-state index contributed by atoms with van der Waals surface area (Å²) >= 11 is 5.63. The molecule has 2 rings (SSSR count). The van der Waals surface area contributed by atoms with Crippen LogP contribution in [0.1, 0.15) is 31.9 Å². The van der Waals surface area contributed by atoms with Crippen molar-refractivity contribution >= 4 is 27.7 Å². The molecule has 88 valence electrons. The quantitative estimate of drug-likeness (QED) is 0.886. The third-order valence-corrected chi connectivity index (χ3v) is 5.03. The number of halogens is 1.